The molecule has 6 nitrogen and oxygen atoms in total. The Kier molecular flexibility index (Phi) is 4.87. The molecule has 9 heteroatoms. The summed E-state index contributed by atoms with van der Waals surface area (Å²) in [6.45, 7) is -2.47. The summed E-state index contributed by atoms with van der Waals surface area (Å²) in [6.07, 6.45) is -4.52. The summed E-state index contributed by atoms with van der Waals surface area (Å²) < 4.78 is 36.9. The minimum atomic E-state index is -4.55. The second kappa shape index (κ2) is 6.00. The summed E-state index contributed by atoms with van der Waals surface area (Å²) in [4.78, 5) is 23.5. The van der Waals surface area contributed by atoms with E-state index in [4.69, 9.17) is 5.11 Å². The Morgan fingerprint density at radius 3 is 2.58 bits per heavy atom. The van der Waals surface area contributed by atoms with Crippen molar-refractivity contribution in [3.63, 3.8) is 0 Å². The van der Waals surface area contributed by atoms with E-state index in [9.17, 15) is 22.8 Å². The third kappa shape index (κ3) is 4.51. The van der Waals surface area contributed by atoms with Crippen molar-refractivity contribution < 1.29 is 27.9 Å². The van der Waals surface area contributed by atoms with Crippen LogP contribution >= 0.6 is 0 Å². The monoisotopic (exact) mass is 281 g/mol. The van der Waals surface area contributed by atoms with E-state index in [1.165, 1.54) is 7.05 Å². The van der Waals surface area contributed by atoms with Gasteiger partial charge in [-0.25, -0.2) is 5.01 Å². The molecule has 1 N–H and O–H groups in total. The second-order valence-electron chi connectivity index (χ2n) is 4.03. The van der Waals surface area contributed by atoms with Crippen LogP contribution in [0.4, 0.5) is 13.2 Å². The van der Waals surface area contributed by atoms with Gasteiger partial charge >= 0.3 is 6.18 Å². The van der Waals surface area contributed by atoms with Crippen molar-refractivity contribution in [2.45, 2.75) is 19.0 Å². The number of carbonyl (C=O) groups excluding carboxylic acids is 2. The Morgan fingerprint density at radius 2 is 2.11 bits per heavy atom. The number of aliphatic hydroxyl groups excluding tert-OH is 1. The number of hydrogen-bond acceptors (Lipinski definition) is 4. The van der Waals surface area contributed by atoms with E-state index in [1.807, 2.05) is 0 Å². The lowest BCUT2D eigenvalue weighted by atomic mass is 10.1. The van der Waals surface area contributed by atoms with Gasteiger partial charge in [-0.2, -0.15) is 18.3 Å². The summed E-state index contributed by atoms with van der Waals surface area (Å²) in [5.74, 6) is -1.22. The number of halogens is 3. The Bertz CT molecular complexity index is 395. The average Bonchev–Trinajstić information content (AvgIpc) is 2.29. The smallest absolute Gasteiger partial charge is 0.395 e. The van der Waals surface area contributed by atoms with Crippen molar-refractivity contribution in [1.29, 1.82) is 0 Å². The summed E-state index contributed by atoms with van der Waals surface area (Å²) in [7, 11) is 1.33. The van der Waals surface area contributed by atoms with Gasteiger partial charge < -0.3 is 10.0 Å². The summed E-state index contributed by atoms with van der Waals surface area (Å²) in [5, 5.41) is 13.3. The van der Waals surface area contributed by atoms with Crippen LogP contribution in [-0.4, -0.2) is 65.5 Å². The second-order valence-corrected chi connectivity index (χ2v) is 4.03. The normalized spacial score (nSPS) is 16.4. The number of nitrogens with zero attached hydrogens (tertiary/aromatic N) is 3. The van der Waals surface area contributed by atoms with Gasteiger partial charge in [-0.05, 0) is 0 Å². The molecule has 0 aromatic rings. The minimum Gasteiger partial charge on any atom is -0.395 e. The maximum absolute atomic E-state index is 12.3. The van der Waals surface area contributed by atoms with Gasteiger partial charge in [0.2, 0.25) is 5.91 Å². The van der Waals surface area contributed by atoms with Crippen LogP contribution in [0.25, 0.3) is 0 Å². The zero-order valence-corrected chi connectivity index (χ0v) is 10.3. The molecule has 0 aromatic carbocycles. The topological polar surface area (TPSA) is 73.2 Å². The Hall–Kier alpha value is -1.64. The largest absolute Gasteiger partial charge is 0.406 e. The van der Waals surface area contributed by atoms with E-state index in [2.05, 4.69) is 5.10 Å². The molecule has 1 aliphatic rings. The maximum Gasteiger partial charge on any atom is 0.406 e. The van der Waals surface area contributed by atoms with Gasteiger partial charge in [-0.15, -0.1) is 0 Å². The lowest BCUT2D eigenvalue weighted by Crippen LogP contribution is -2.45. The number of hydrazone groups is 1. The molecule has 0 saturated heterocycles. The predicted octanol–water partition coefficient (Wildman–Crippen LogP) is -0.0222. The highest BCUT2D eigenvalue weighted by atomic mass is 19.4. The van der Waals surface area contributed by atoms with Gasteiger partial charge in [0.15, 0.2) is 0 Å². The minimum absolute atomic E-state index is 0.00178. The highest BCUT2D eigenvalue weighted by Gasteiger charge is 2.35. The van der Waals surface area contributed by atoms with E-state index in [0.29, 0.717) is 4.90 Å². The van der Waals surface area contributed by atoms with E-state index in [1.54, 1.807) is 0 Å². The van der Waals surface area contributed by atoms with Crippen LogP contribution in [0.3, 0.4) is 0 Å². The first kappa shape index (κ1) is 15.4. The molecule has 0 bridgehead atoms. The Balaban J connectivity index is 2.82. The Labute approximate surface area is 107 Å². The molecular formula is C10H14F3N3O3. The fourth-order valence-corrected chi connectivity index (χ4v) is 1.60. The SMILES string of the molecule is CN1N=C(C(=O)N(CCO)CC(F)(F)F)CCC1=O. The Morgan fingerprint density at radius 1 is 1.47 bits per heavy atom. The highest BCUT2D eigenvalue weighted by molar-refractivity contribution is 6.39. The predicted molar refractivity (Wildman–Crippen MR) is 59.2 cm³/mol. The van der Waals surface area contributed by atoms with Crippen LogP contribution in [0.2, 0.25) is 0 Å². The third-order valence-electron chi connectivity index (χ3n) is 2.48. The van der Waals surface area contributed by atoms with Crippen molar-refractivity contribution in [2.24, 2.45) is 5.10 Å². The summed E-state index contributed by atoms with van der Waals surface area (Å²) in [5.41, 5.74) is -0.111. The average molecular weight is 281 g/mol. The molecule has 108 valence electrons. The van der Waals surface area contributed by atoms with Gasteiger partial charge in [-0.1, -0.05) is 0 Å². The van der Waals surface area contributed by atoms with E-state index >= 15 is 0 Å². The number of rotatable bonds is 4. The molecule has 0 atom stereocenters. The van der Waals surface area contributed by atoms with Crippen LogP contribution in [-0.2, 0) is 9.59 Å². The molecular weight excluding hydrogens is 267 g/mol. The first-order chi connectivity index (χ1) is 8.74. The van der Waals surface area contributed by atoms with Gasteiger partial charge in [0, 0.05) is 26.4 Å². The zero-order chi connectivity index (χ0) is 14.6. The molecule has 0 unspecified atom stereocenters. The van der Waals surface area contributed by atoms with Crippen LogP contribution in [0.15, 0.2) is 5.10 Å². The van der Waals surface area contributed by atoms with E-state index < -0.39 is 31.8 Å². The van der Waals surface area contributed by atoms with Crippen molar-refractivity contribution in [1.82, 2.24) is 9.91 Å². The quantitative estimate of drug-likeness (QED) is 0.787. The molecule has 0 aromatic heterocycles. The number of aliphatic hydroxyl groups is 1. The van der Waals surface area contributed by atoms with Crippen LogP contribution < -0.4 is 0 Å². The summed E-state index contributed by atoms with van der Waals surface area (Å²) >= 11 is 0. The lowest BCUT2D eigenvalue weighted by molar-refractivity contribution is -0.158. The van der Waals surface area contributed by atoms with Crippen LogP contribution in [0, 0.1) is 0 Å². The van der Waals surface area contributed by atoms with E-state index in [0.717, 1.165) is 5.01 Å². The lowest BCUT2D eigenvalue weighted by Gasteiger charge is -2.26. The highest BCUT2D eigenvalue weighted by Crippen LogP contribution is 2.18. The zero-order valence-electron chi connectivity index (χ0n) is 10.3. The fourth-order valence-electron chi connectivity index (χ4n) is 1.60. The summed E-state index contributed by atoms with van der Waals surface area (Å²) in [6, 6.07) is 0. The maximum atomic E-state index is 12.3. The molecule has 2 amide bonds. The van der Waals surface area contributed by atoms with Gasteiger partial charge in [-0.3, -0.25) is 9.59 Å². The molecule has 0 fully saturated rings. The standard InChI is InChI=1S/C10H14F3N3O3/c1-15-8(18)3-2-7(14-15)9(19)16(4-5-17)6-10(11,12)13/h17H,2-6H2,1H3. The molecule has 0 spiro atoms. The number of hydrogen-bond donors (Lipinski definition) is 1. The first-order valence-electron chi connectivity index (χ1n) is 5.55. The van der Waals surface area contributed by atoms with Crippen LogP contribution in [0.1, 0.15) is 12.8 Å². The van der Waals surface area contributed by atoms with E-state index in [-0.39, 0.29) is 24.5 Å². The number of alkyl halides is 3. The molecule has 0 radical (unpaired) electrons. The number of amides is 2. The number of carbonyl (C=O) groups is 2. The molecule has 19 heavy (non-hydrogen) atoms. The molecule has 0 saturated carbocycles. The first-order valence-corrected chi connectivity index (χ1v) is 5.55. The van der Waals surface area contributed by atoms with Gasteiger partial charge in [0.25, 0.3) is 5.91 Å². The van der Waals surface area contributed by atoms with Gasteiger partial charge in [0.1, 0.15) is 12.3 Å². The van der Waals surface area contributed by atoms with Crippen molar-refractivity contribution >= 4 is 17.5 Å². The molecule has 1 rings (SSSR count). The van der Waals surface area contributed by atoms with Crippen molar-refractivity contribution in [3.8, 4) is 0 Å². The molecule has 0 aliphatic carbocycles. The van der Waals surface area contributed by atoms with Crippen molar-refractivity contribution in [3.05, 3.63) is 0 Å². The van der Waals surface area contributed by atoms with Crippen LogP contribution in [0.5, 0.6) is 0 Å². The molecule has 1 aliphatic heterocycles. The molecule has 1 heterocycles. The fraction of sp³-hybridized carbons (Fsp3) is 0.700. The third-order valence-corrected chi connectivity index (χ3v) is 2.48. The van der Waals surface area contributed by atoms with Gasteiger partial charge in [0.05, 0.1) is 6.61 Å². The van der Waals surface area contributed by atoms with Crippen molar-refractivity contribution in [2.75, 3.05) is 26.7 Å².